The molecule has 1 aromatic heterocycles. The third-order valence-corrected chi connectivity index (χ3v) is 6.76. The number of carbonyl (C=O) groups is 1. The van der Waals surface area contributed by atoms with E-state index in [2.05, 4.69) is 15.9 Å². The molecule has 0 spiro atoms. The first-order valence-corrected chi connectivity index (χ1v) is 11.7. The van der Waals surface area contributed by atoms with Gasteiger partial charge in [0.25, 0.3) is 5.91 Å². The molecule has 35 heavy (non-hydrogen) atoms. The van der Waals surface area contributed by atoms with E-state index in [0.29, 0.717) is 44.5 Å². The van der Waals surface area contributed by atoms with Crippen LogP contribution in [0, 0.1) is 0 Å². The van der Waals surface area contributed by atoms with Gasteiger partial charge in [-0.05, 0) is 54.1 Å². The van der Waals surface area contributed by atoms with Crippen molar-refractivity contribution in [3.63, 3.8) is 0 Å². The van der Waals surface area contributed by atoms with Crippen LogP contribution < -0.4 is 24.5 Å². The van der Waals surface area contributed by atoms with Gasteiger partial charge in [0.05, 0.1) is 43.3 Å². The number of ether oxygens (including phenoxy) is 3. The highest BCUT2D eigenvalue weighted by Crippen LogP contribution is 2.44. The Bertz CT molecular complexity index is 1550. The summed E-state index contributed by atoms with van der Waals surface area (Å²) in [6.07, 6.45) is 0. The molecule has 0 radical (unpaired) electrons. The lowest BCUT2D eigenvalue weighted by molar-refractivity contribution is 0.0971. The van der Waals surface area contributed by atoms with Gasteiger partial charge in [-0.15, -0.1) is 0 Å². The number of carbonyl (C=O) groups excluding carboxylic acids is 1. The van der Waals surface area contributed by atoms with E-state index in [-0.39, 0.29) is 16.8 Å². The molecule has 0 aliphatic carbocycles. The Hall–Kier alpha value is -3.49. The lowest BCUT2D eigenvalue weighted by Crippen LogP contribution is -2.29. The second-order valence-electron chi connectivity index (χ2n) is 7.83. The summed E-state index contributed by atoms with van der Waals surface area (Å²) in [5.74, 6) is 0.979. The highest BCUT2D eigenvalue weighted by molar-refractivity contribution is 9.10. The van der Waals surface area contributed by atoms with E-state index in [1.54, 1.807) is 54.6 Å². The topological polar surface area (TPSA) is 78.2 Å². The van der Waals surface area contributed by atoms with Gasteiger partial charge in [0.2, 0.25) is 5.76 Å². The molecule has 1 atom stereocenters. The summed E-state index contributed by atoms with van der Waals surface area (Å²) in [5.41, 5.74) is 1.39. The van der Waals surface area contributed by atoms with Crippen molar-refractivity contribution in [3.05, 3.63) is 91.2 Å². The van der Waals surface area contributed by atoms with Crippen LogP contribution in [-0.4, -0.2) is 27.2 Å². The summed E-state index contributed by atoms with van der Waals surface area (Å²) in [6.45, 7) is 0. The van der Waals surface area contributed by atoms with E-state index in [1.165, 1.54) is 26.2 Å². The summed E-state index contributed by atoms with van der Waals surface area (Å²) in [4.78, 5) is 29.0. The van der Waals surface area contributed by atoms with Gasteiger partial charge < -0.3 is 18.6 Å². The largest absolute Gasteiger partial charge is 0.495 e. The van der Waals surface area contributed by atoms with Gasteiger partial charge in [-0.1, -0.05) is 33.6 Å². The van der Waals surface area contributed by atoms with E-state index in [4.69, 9.17) is 30.2 Å². The summed E-state index contributed by atoms with van der Waals surface area (Å²) < 4.78 is 22.8. The van der Waals surface area contributed by atoms with Crippen molar-refractivity contribution in [1.82, 2.24) is 0 Å². The van der Waals surface area contributed by atoms with Crippen molar-refractivity contribution in [3.8, 4) is 17.2 Å². The molecule has 0 saturated heterocycles. The van der Waals surface area contributed by atoms with E-state index in [1.807, 2.05) is 0 Å². The first-order chi connectivity index (χ1) is 16.9. The van der Waals surface area contributed by atoms with Crippen molar-refractivity contribution >= 4 is 50.1 Å². The van der Waals surface area contributed by atoms with Gasteiger partial charge in [-0.25, -0.2) is 0 Å². The molecule has 0 saturated carbocycles. The zero-order valence-corrected chi connectivity index (χ0v) is 21.3. The van der Waals surface area contributed by atoms with Crippen LogP contribution in [0.1, 0.15) is 27.7 Å². The van der Waals surface area contributed by atoms with Gasteiger partial charge in [-0.3, -0.25) is 14.5 Å². The molecule has 1 unspecified atom stereocenters. The minimum Gasteiger partial charge on any atom is -0.495 e. The molecule has 0 N–H and O–H groups in total. The quantitative estimate of drug-likeness (QED) is 0.301. The highest BCUT2D eigenvalue weighted by atomic mass is 79.9. The van der Waals surface area contributed by atoms with E-state index in [9.17, 15) is 9.59 Å². The lowest BCUT2D eigenvalue weighted by atomic mass is 9.97. The van der Waals surface area contributed by atoms with Gasteiger partial charge in [0.15, 0.2) is 16.9 Å². The second kappa shape index (κ2) is 8.94. The number of hydrogen-bond donors (Lipinski definition) is 0. The minimum absolute atomic E-state index is 0.0171. The van der Waals surface area contributed by atoms with Crippen LogP contribution in [-0.2, 0) is 0 Å². The highest BCUT2D eigenvalue weighted by Gasteiger charge is 2.44. The SMILES string of the molecule is COc1ccc(N2C(=O)c3oc4ccc(Br)cc4c(=O)c3C2c2ccc(OC)c(OC)c2)cc1Cl. The van der Waals surface area contributed by atoms with Gasteiger partial charge in [0.1, 0.15) is 11.3 Å². The number of halogens is 2. The normalized spacial score (nSPS) is 14.8. The molecule has 0 bridgehead atoms. The van der Waals surface area contributed by atoms with Gasteiger partial charge in [-0.2, -0.15) is 0 Å². The van der Waals surface area contributed by atoms with Crippen molar-refractivity contribution < 1.29 is 23.4 Å². The average Bonchev–Trinajstić information content (AvgIpc) is 3.16. The second-order valence-corrected chi connectivity index (χ2v) is 9.15. The Balaban J connectivity index is 1.80. The maximum Gasteiger partial charge on any atom is 0.295 e. The summed E-state index contributed by atoms with van der Waals surface area (Å²) in [7, 11) is 4.57. The zero-order valence-electron chi connectivity index (χ0n) is 18.9. The van der Waals surface area contributed by atoms with Crippen molar-refractivity contribution in [2.45, 2.75) is 6.04 Å². The van der Waals surface area contributed by atoms with E-state index in [0.717, 1.165) is 4.47 Å². The van der Waals surface area contributed by atoms with Crippen molar-refractivity contribution in [2.75, 3.05) is 26.2 Å². The number of methoxy groups -OCH3 is 3. The van der Waals surface area contributed by atoms with Crippen molar-refractivity contribution in [1.29, 1.82) is 0 Å². The van der Waals surface area contributed by atoms with Crippen LogP contribution in [0.4, 0.5) is 5.69 Å². The van der Waals surface area contributed by atoms with E-state index >= 15 is 0 Å². The number of hydrogen-bond acceptors (Lipinski definition) is 6. The number of nitrogens with zero attached hydrogens (tertiary/aromatic N) is 1. The monoisotopic (exact) mass is 555 g/mol. The standard InChI is InChI=1S/C26H19BrClNO6/c1-32-19-9-6-15(12-17(19)28)29-23(13-4-7-20(33-2)21(10-13)34-3)22-24(30)16-11-14(27)5-8-18(16)35-25(22)26(29)31/h4-12,23H,1-3H3. The van der Waals surface area contributed by atoms with Crippen molar-refractivity contribution in [2.24, 2.45) is 0 Å². The zero-order chi connectivity index (χ0) is 24.9. The molecular formula is C26H19BrClNO6. The van der Waals surface area contributed by atoms with E-state index < -0.39 is 11.9 Å². The molecule has 5 rings (SSSR count). The molecule has 3 aromatic carbocycles. The van der Waals surface area contributed by atoms with Gasteiger partial charge in [0, 0.05) is 10.2 Å². The Morgan fingerprint density at radius 2 is 1.60 bits per heavy atom. The first-order valence-electron chi connectivity index (χ1n) is 10.5. The fourth-order valence-electron chi connectivity index (χ4n) is 4.35. The number of rotatable bonds is 5. The minimum atomic E-state index is -0.790. The average molecular weight is 557 g/mol. The number of amides is 1. The molecule has 7 nitrogen and oxygen atoms in total. The fourth-order valence-corrected chi connectivity index (χ4v) is 4.97. The Labute approximate surface area is 213 Å². The Morgan fingerprint density at radius 1 is 0.886 bits per heavy atom. The van der Waals surface area contributed by atoms with Crippen LogP contribution >= 0.6 is 27.5 Å². The fraction of sp³-hybridized carbons (Fsp3) is 0.154. The summed E-state index contributed by atoms with van der Waals surface area (Å²) in [5, 5.41) is 0.694. The molecule has 4 aromatic rings. The number of fused-ring (bicyclic) bond motifs is 2. The molecule has 2 heterocycles. The lowest BCUT2D eigenvalue weighted by Gasteiger charge is -2.26. The summed E-state index contributed by atoms with van der Waals surface area (Å²) >= 11 is 9.80. The molecule has 178 valence electrons. The van der Waals surface area contributed by atoms with Crippen LogP contribution in [0.25, 0.3) is 11.0 Å². The smallest absolute Gasteiger partial charge is 0.295 e. The molecule has 1 aliphatic heterocycles. The molecule has 1 amide bonds. The molecule has 9 heteroatoms. The third kappa shape index (κ3) is 3.73. The molecular weight excluding hydrogens is 538 g/mol. The predicted molar refractivity (Wildman–Crippen MR) is 136 cm³/mol. The number of anilines is 1. The Kier molecular flexibility index (Phi) is 5.94. The summed E-state index contributed by atoms with van der Waals surface area (Å²) in [6, 6.07) is 14.6. The molecule has 0 fully saturated rings. The maximum atomic E-state index is 13.8. The van der Waals surface area contributed by atoms with Crippen LogP contribution in [0.3, 0.4) is 0 Å². The third-order valence-electron chi connectivity index (χ3n) is 5.97. The molecule has 1 aliphatic rings. The van der Waals surface area contributed by atoms with Crippen LogP contribution in [0.2, 0.25) is 5.02 Å². The maximum absolute atomic E-state index is 13.8. The Morgan fingerprint density at radius 3 is 2.29 bits per heavy atom. The first kappa shape index (κ1) is 23.3. The number of benzene rings is 3. The van der Waals surface area contributed by atoms with Crippen LogP contribution in [0.15, 0.2) is 68.3 Å². The predicted octanol–water partition coefficient (Wildman–Crippen LogP) is 5.98. The van der Waals surface area contributed by atoms with Gasteiger partial charge >= 0.3 is 0 Å². The van der Waals surface area contributed by atoms with Crippen LogP contribution in [0.5, 0.6) is 17.2 Å².